The van der Waals surface area contributed by atoms with Crippen molar-refractivity contribution in [1.82, 2.24) is 24.9 Å². The van der Waals surface area contributed by atoms with Crippen LogP contribution in [0.25, 0.3) is 5.78 Å². The molecule has 2 amide bonds. The van der Waals surface area contributed by atoms with Gasteiger partial charge >= 0.3 is 0 Å². The maximum Gasteiger partial charge on any atom is 0.291 e. The van der Waals surface area contributed by atoms with Crippen LogP contribution in [0.2, 0.25) is 0 Å². The SMILES string of the molecule is NC(=O)CO[C@@H]1CCOC[C@@H]1NC(=O)c1nc2ncccn2n1. The number of rotatable bonds is 5. The van der Waals surface area contributed by atoms with Crippen LogP contribution in [0.5, 0.6) is 0 Å². The molecule has 0 aliphatic carbocycles. The van der Waals surface area contributed by atoms with E-state index in [-0.39, 0.29) is 25.1 Å². The Bertz CT molecular complexity index is 684. The summed E-state index contributed by atoms with van der Waals surface area (Å²) >= 11 is 0. The number of nitrogens with zero attached hydrogens (tertiary/aromatic N) is 4. The van der Waals surface area contributed by atoms with Crippen molar-refractivity contribution >= 4 is 17.6 Å². The molecule has 0 bridgehead atoms. The van der Waals surface area contributed by atoms with Gasteiger partial charge in [-0.1, -0.05) is 0 Å². The fourth-order valence-electron chi connectivity index (χ4n) is 2.30. The molecule has 2 aromatic rings. The summed E-state index contributed by atoms with van der Waals surface area (Å²) in [5, 5.41) is 6.82. The molecule has 0 aromatic carbocycles. The van der Waals surface area contributed by atoms with E-state index in [9.17, 15) is 9.59 Å². The molecule has 1 fully saturated rings. The zero-order valence-electron chi connectivity index (χ0n) is 12.2. The van der Waals surface area contributed by atoms with Crippen LogP contribution in [0.4, 0.5) is 0 Å². The van der Waals surface area contributed by atoms with Crippen LogP contribution in [-0.2, 0) is 14.3 Å². The third-order valence-electron chi connectivity index (χ3n) is 3.37. The highest BCUT2D eigenvalue weighted by molar-refractivity contribution is 5.91. The summed E-state index contributed by atoms with van der Waals surface area (Å²) in [5.41, 5.74) is 5.08. The smallest absolute Gasteiger partial charge is 0.291 e. The minimum absolute atomic E-state index is 0.00271. The van der Waals surface area contributed by atoms with E-state index in [0.717, 1.165) is 0 Å². The Morgan fingerprint density at radius 2 is 2.39 bits per heavy atom. The lowest BCUT2D eigenvalue weighted by atomic mass is 10.1. The molecule has 2 atom stereocenters. The monoisotopic (exact) mass is 320 g/mol. The van der Waals surface area contributed by atoms with Crippen LogP contribution in [0, 0.1) is 0 Å². The summed E-state index contributed by atoms with van der Waals surface area (Å²) in [7, 11) is 0. The number of fused-ring (bicyclic) bond motifs is 1. The zero-order chi connectivity index (χ0) is 16.2. The van der Waals surface area contributed by atoms with Crippen LogP contribution < -0.4 is 11.1 Å². The van der Waals surface area contributed by atoms with Gasteiger partial charge in [-0.2, -0.15) is 4.98 Å². The fraction of sp³-hybridized carbons (Fsp3) is 0.462. The predicted molar refractivity (Wildman–Crippen MR) is 76.4 cm³/mol. The Balaban J connectivity index is 1.68. The molecule has 10 nitrogen and oxygen atoms in total. The van der Waals surface area contributed by atoms with E-state index in [2.05, 4.69) is 20.4 Å². The van der Waals surface area contributed by atoms with Crippen molar-refractivity contribution in [3.05, 3.63) is 24.3 Å². The zero-order valence-corrected chi connectivity index (χ0v) is 12.2. The molecule has 1 aliphatic heterocycles. The Kier molecular flexibility index (Phi) is 4.44. The molecule has 0 radical (unpaired) electrons. The van der Waals surface area contributed by atoms with Crippen LogP contribution >= 0.6 is 0 Å². The molecule has 10 heteroatoms. The first kappa shape index (κ1) is 15.3. The largest absolute Gasteiger partial charge is 0.379 e. The number of primary amides is 1. The average Bonchev–Trinajstić information content (AvgIpc) is 2.98. The lowest BCUT2D eigenvalue weighted by Crippen LogP contribution is -2.51. The third kappa shape index (κ3) is 3.60. The first-order valence-corrected chi connectivity index (χ1v) is 7.09. The van der Waals surface area contributed by atoms with Gasteiger partial charge < -0.3 is 20.5 Å². The Morgan fingerprint density at radius 3 is 3.17 bits per heavy atom. The first-order chi connectivity index (χ1) is 11.1. The summed E-state index contributed by atoms with van der Waals surface area (Å²) < 4.78 is 12.2. The quantitative estimate of drug-likeness (QED) is 0.685. The molecule has 0 unspecified atom stereocenters. The lowest BCUT2D eigenvalue weighted by molar-refractivity contribution is -0.128. The number of nitrogens with one attached hydrogen (secondary N) is 1. The highest BCUT2D eigenvalue weighted by atomic mass is 16.5. The lowest BCUT2D eigenvalue weighted by Gasteiger charge is -2.31. The Labute approximate surface area is 131 Å². The number of carbonyl (C=O) groups excluding carboxylic acids is 2. The molecular formula is C13H16N6O4. The van der Waals surface area contributed by atoms with Gasteiger partial charge in [0.05, 0.1) is 18.8 Å². The molecule has 1 saturated heterocycles. The molecule has 0 spiro atoms. The van der Waals surface area contributed by atoms with Crippen LogP contribution in [0.3, 0.4) is 0 Å². The third-order valence-corrected chi connectivity index (χ3v) is 3.37. The minimum Gasteiger partial charge on any atom is -0.379 e. The fourth-order valence-corrected chi connectivity index (χ4v) is 2.30. The van der Waals surface area contributed by atoms with Crippen molar-refractivity contribution in [2.45, 2.75) is 18.6 Å². The van der Waals surface area contributed by atoms with Crippen molar-refractivity contribution in [2.24, 2.45) is 5.73 Å². The highest BCUT2D eigenvalue weighted by Crippen LogP contribution is 2.12. The van der Waals surface area contributed by atoms with E-state index in [0.29, 0.717) is 18.8 Å². The Hall–Kier alpha value is -2.59. The van der Waals surface area contributed by atoms with E-state index in [1.54, 1.807) is 18.5 Å². The number of aromatic nitrogens is 4. The molecule has 0 saturated carbocycles. The van der Waals surface area contributed by atoms with Gasteiger partial charge in [0.1, 0.15) is 6.61 Å². The van der Waals surface area contributed by atoms with Gasteiger partial charge in [0.25, 0.3) is 11.7 Å². The second-order valence-corrected chi connectivity index (χ2v) is 5.06. The van der Waals surface area contributed by atoms with Gasteiger partial charge in [-0.05, 0) is 12.5 Å². The van der Waals surface area contributed by atoms with Crippen molar-refractivity contribution in [3.63, 3.8) is 0 Å². The van der Waals surface area contributed by atoms with Crippen molar-refractivity contribution in [3.8, 4) is 0 Å². The maximum atomic E-state index is 12.3. The molecule has 1 aliphatic rings. The number of ether oxygens (including phenoxy) is 2. The highest BCUT2D eigenvalue weighted by Gasteiger charge is 2.29. The van der Waals surface area contributed by atoms with Gasteiger partial charge in [-0.25, -0.2) is 9.50 Å². The molecule has 122 valence electrons. The summed E-state index contributed by atoms with van der Waals surface area (Å²) in [5.74, 6) is -0.685. The van der Waals surface area contributed by atoms with Crippen molar-refractivity contribution in [1.29, 1.82) is 0 Å². The van der Waals surface area contributed by atoms with Gasteiger partial charge in [0.15, 0.2) is 0 Å². The van der Waals surface area contributed by atoms with E-state index in [4.69, 9.17) is 15.2 Å². The Morgan fingerprint density at radius 1 is 1.52 bits per heavy atom. The number of hydrogen-bond donors (Lipinski definition) is 2. The van der Waals surface area contributed by atoms with Gasteiger partial charge in [-0.15, -0.1) is 5.10 Å². The standard InChI is InChI=1S/C13H16N6O4/c14-10(20)7-23-9-2-5-22-6-8(9)16-12(21)11-17-13-15-3-1-4-19(13)18-11/h1,3-4,8-9H,2,5-7H2,(H2,14,20)(H,16,21)/t8-,9+/m0/s1. The van der Waals surface area contributed by atoms with Crippen LogP contribution in [-0.4, -0.2) is 63.4 Å². The molecule has 23 heavy (non-hydrogen) atoms. The van der Waals surface area contributed by atoms with Crippen molar-refractivity contribution < 1.29 is 19.1 Å². The number of hydrogen-bond acceptors (Lipinski definition) is 7. The summed E-state index contributed by atoms with van der Waals surface area (Å²) in [4.78, 5) is 31.2. The summed E-state index contributed by atoms with van der Waals surface area (Å²) in [6.07, 6.45) is 3.41. The van der Waals surface area contributed by atoms with E-state index in [1.807, 2.05) is 0 Å². The predicted octanol–water partition coefficient (Wildman–Crippen LogP) is -1.49. The van der Waals surface area contributed by atoms with Gasteiger partial charge in [0.2, 0.25) is 11.7 Å². The molecule has 3 rings (SSSR count). The molecular weight excluding hydrogens is 304 g/mol. The van der Waals surface area contributed by atoms with E-state index >= 15 is 0 Å². The number of carbonyl (C=O) groups is 2. The van der Waals surface area contributed by atoms with E-state index in [1.165, 1.54) is 4.52 Å². The molecule has 3 heterocycles. The number of amides is 2. The normalized spacial score (nSPS) is 21.2. The number of nitrogens with two attached hydrogens (primary N) is 1. The second kappa shape index (κ2) is 6.67. The molecule has 3 N–H and O–H groups in total. The average molecular weight is 320 g/mol. The van der Waals surface area contributed by atoms with Crippen LogP contribution in [0.1, 0.15) is 17.0 Å². The maximum absolute atomic E-state index is 12.3. The second-order valence-electron chi connectivity index (χ2n) is 5.06. The summed E-state index contributed by atoms with van der Waals surface area (Å²) in [6, 6.07) is 1.28. The van der Waals surface area contributed by atoms with E-state index < -0.39 is 17.9 Å². The van der Waals surface area contributed by atoms with Crippen molar-refractivity contribution in [2.75, 3.05) is 19.8 Å². The first-order valence-electron chi connectivity index (χ1n) is 7.09. The minimum atomic E-state index is -0.560. The van der Waals surface area contributed by atoms with Gasteiger partial charge in [0, 0.05) is 19.0 Å². The van der Waals surface area contributed by atoms with Gasteiger partial charge in [-0.3, -0.25) is 9.59 Å². The molecule has 2 aromatic heterocycles. The summed E-state index contributed by atoms with van der Waals surface area (Å²) in [6.45, 7) is 0.570. The topological polar surface area (TPSA) is 134 Å². The van der Waals surface area contributed by atoms with Crippen LogP contribution in [0.15, 0.2) is 18.5 Å².